The molecular formula is C18H13Cl2FN4O. The summed E-state index contributed by atoms with van der Waals surface area (Å²) >= 11 is 12.0. The van der Waals surface area contributed by atoms with Crippen LogP contribution in [-0.4, -0.2) is 15.9 Å². The normalized spacial score (nSPS) is 10.4. The van der Waals surface area contributed by atoms with Gasteiger partial charge in [-0.2, -0.15) is 0 Å². The molecule has 26 heavy (non-hydrogen) atoms. The third-order valence-electron chi connectivity index (χ3n) is 3.47. The van der Waals surface area contributed by atoms with Gasteiger partial charge in [-0.05, 0) is 24.3 Å². The molecule has 8 heteroatoms. The molecule has 1 amide bonds. The molecule has 3 rings (SSSR count). The number of benzene rings is 2. The second-order valence-electron chi connectivity index (χ2n) is 5.31. The summed E-state index contributed by atoms with van der Waals surface area (Å²) in [6.07, 6.45) is 2.71. The number of hydrogen-bond donors (Lipinski definition) is 2. The van der Waals surface area contributed by atoms with Crippen LogP contribution in [-0.2, 0) is 6.54 Å². The molecule has 0 spiro atoms. The molecule has 0 aliphatic heterocycles. The minimum absolute atomic E-state index is 0.0608. The van der Waals surface area contributed by atoms with Gasteiger partial charge in [-0.25, -0.2) is 14.4 Å². The van der Waals surface area contributed by atoms with Crippen molar-refractivity contribution in [1.82, 2.24) is 15.3 Å². The topological polar surface area (TPSA) is 66.9 Å². The summed E-state index contributed by atoms with van der Waals surface area (Å²) in [7, 11) is 0. The summed E-state index contributed by atoms with van der Waals surface area (Å²) in [6, 6.07) is 11.2. The van der Waals surface area contributed by atoms with Crippen LogP contribution in [0, 0.1) is 5.82 Å². The Bertz CT molecular complexity index is 935. The minimum Gasteiger partial charge on any atom is -0.346 e. The van der Waals surface area contributed by atoms with Crippen LogP contribution in [0.1, 0.15) is 16.1 Å². The number of carbonyl (C=O) groups excluding carboxylic acids is 1. The molecule has 0 fully saturated rings. The van der Waals surface area contributed by atoms with Gasteiger partial charge in [0.25, 0.3) is 5.91 Å². The average molecular weight is 391 g/mol. The molecule has 1 aromatic heterocycles. The Kier molecular flexibility index (Phi) is 5.65. The van der Waals surface area contributed by atoms with Gasteiger partial charge < -0.3 is 10.6 Å². The molecular weight excluding hydrogens is 378 g/mol. The maximum absolute atomic E-state index is 13.6. The predicted molar refractivity (Wildman–Crippen MR) is 99.3 cm³/mol. The number of hydrogen-bond acceptors (Lipinski definition) is 4. The van der Waals surface area contributed by atoms with Crippen LogP contribution < -0.4 is 10.6 Å². The Morgan fingerprint density at radius 1 is 1.08 bits per heavy atom. The molecule has 2 N–H and O–H groups in total. The van der Waals surface area contributed by atoms with Crippen molar-refractivity contribution in [1.29, 1.82) is 0 Å². The number of halogens is 3. The van der Waals surface area contributed by atoms with Gasteiger partial charge in [0.1, 0.15) is 17.3 Å². The first-order chi connectivity index (χ1) is 12.5. The maximum Gasteiger partial charge on any atom is 0.271 e. The van der Waals surface area contributed by atoms with Gasteiger partial charge in [-0.15, -0.1) is 0 Å². The van der Waals surface area contributed by atoms with E-state index in [4.69, 9.17) is 23.2 Å². The highest BCUT2D eigenvalue weighted by molar-refractivity contribution is 6.35. The number of rotatable bonds is 5. The van der Waals surface area contributed by atoms with Crippen LogP contribution in [0.4, 0.5) is 15.9 Å². The molecule has 0 bridgehead atoms. The van der Waals surface area contributed by atoms with E-state index >= 15 is 0 Å². The molecule has 0 atom stereocenters. The van der Waals surface area contributed by atoms with Gasteiger partial charge in [0.05, 0.1) is 23.1 Å². The van der Waals surface area contributed by atoms with Crippen molar-refractivity contribution in [2.45, 2.75) is 6.54 Å². The van der Waals surface area contributed by atoms with Gasteiger partial charge in [-0.1, -0.05) is 41.4 Å². The lowest BCUT2D eigenvalue weighted by Gasteiger charge is -2.09. The molecule has 2 aromatic carbocycles. The Morgan fingerprint density at radius 2 is 1.88 bits per heavy atom. The lowest BCUT2D eigenvalue weighted by atomic mass is 10.2. The van der Waals surface area contributed by atoms with E-state index in [1.807, 2.05) is 0 Å². The van der Waals surface area contributed by atoms with Crippen molar-refractivity contribution < 1.29 is 9.18 Å². The molecule has 0 saturated heterocycles. The van der Waals surface area contributed by atoms with Gasteiger partial charge in [-0.3, -0.25) is 4.79 Å². The first-order valence-corrected chi connectivity index (χ1v) is 8.34. The molecule has 0 unspecified atom stereocenters. The minimum atomic E-state index is -0.451. The highest BCUT2D eigenvalue weighted by Gasteiger charge is 2.10. The zero-order valence-corrected chi connectivity index (χ0v) is 14.9. The predicted octanol–water partition coefficient (Wildman–Crippen LogP) is 4.60. The van der Waals surface area contributed by atoms with Crippen molar-refractivity contribution in [3.8, 4) is 0 Å². The zero-order valence-electron chi connectivity index (χ0n) is 13.3. The van der Waals surface area contributed by atoms with Crippen molar-refractivity contribution in [3.05, 3.63) is 82.0 Å². The van der Waals surface area contributed by atoms with Crippen LogP contribution >= 0.6 is 23.2 Å². The van der Waals surface area contributed by atoms with Crippen LogP contribution in [0.5, 0.6) is 0 Å². The fraction of sp³-hybridized carbons (Fsp3) is 0.0556. The van der Waals surface area contributed by atoms with Gasteiger partial charge in [0.15, 0.2) is 0 Å². The summed E-state index contributed by atoms with van der Waals surface area (Å²) < 4.78 is 13.6. The molecule has 1 heterocycles. The Labute approximate surface area is 159 Å². The average Bonchev–Trinajstić information content (AvgIpc) is 2.64. The largest absolute Gasteiger partial charge is 0.346 e. The van der Waals surface area contributed by atoms with E-state index in [1.54, 1.807) is 36.4 Å². The van der Waals surface area contributed by atoms with E-state index in [0.29, 0.717) is 27.1 Å². The van der Waals surface area contributed by atoms with Gasteiger partial charge in [0.2, 0.25) is 0 Å². The highest BCUT2D eigenvalue weighted by Crippen LogP contribution is 2.27. The van der Waals surface area contributed by atoms with Crippen molar-refractivity contribution in [2.75, 3.05) is 5.32 Å². The summed E-state index contributed by atoms with van der Waals surface area (Å²) in [5.41, 5.74) is 1.08. The first kappa shape index (κ1) is 18.1. The summed E-state index contributed by atoms with van der Waals surface area (Å²) in [6.45, 7) is 0.0608. The van der Waals surface area contributed by atoms with Crippen molar-refractivity contribution in [3.63, 3.8) is 0 Å². The van der Waals surface area contributed by atoms with E-state index in [9.17, 15) is 9.18 Å². The molecule has 3 aromatic rings. The van der Waals surface area contributed by atoms with E-state index in [2.05, 4.69) is 20.6 Å². The van der Waals surface area contributed by atoms with E-state index in [1.165, 1.54) is 18.5 Å². The standard InChI is InChI=1S/C18H13Cl2FN4O/c19-12-5-6-13(20)15(7-12)25-17-10-22-16(9-23-17)18(26)24-8-11-3-1-2-4-14(11)21/h1-7,9-10H,8H2,(H,23,25)(H,24,26). The number of amides is 1. The van der Waals surface area contributed by atoms with E-state index in [-0.39, 0.29) is 18.1 Å². The SMILES string of the molecule is O=C(NCc1ccccc1F)c1cnc(Nc2cc(Cl)ccc2Cl)cn1. The van der Waals surface area contributed by atoms with Crippen LogP contribution in [0.2, 0.25) is 10.0 Å². The van der Waals surface area contributed by atoms with Crippen LogP contribution in [0.3, 0.4) is 0 Å². The van der Waals surface area contributed by atoms with Crippen LogP contribution in [0.15, 0.2) is 54.9 Å². The summed E-state index contributed by atoms with van der Waals surface area (Å²) in [5.74, 6) is -0.426. The maximum atomic E-state index is 13.6. The van der Waals surface area contributed by atoms with Gasteiger partial charge >= 0.3 is 0 Å². The Morgan fingerprint density at radius 3 is 2.62 bits per heavy atom. The fourth-order valence-corrected chi connectivity index (χ4v) is 2.49. The molecule has 5 nitrogen and oxygen atoms in total. The number of aromatic nitrogens is 2. The lowest BCUT2D eigenvalue weighted by Crippen LogP contribution is -2.24. The fourth-order valence-electron chi connectivity index (χ4n) is 2.15. The monoisotopic (exact) mass is 390 g/mol. The number of nitrogens with zero attached hydrogens (tertiary/aromatic N) is 2. The molecule has 0 aliphatic carbocycles. The van der Waals surface area contributed by atoms with Crippen molar-refractivity contribution >= 4 is 40.6 Å². The van der Waals surface area contributed by atoms with E-state index in [0.717, 1.165) is 0 Å². The second kappa shape index (κ2) is 8.12. The molecule has 0 aliphatic rings. The van der Waals surface area contributed by atoms with Gasteiger partial charge in [0, 0.05) is 17.1 Å². The highest BCUT2D eigenvalue weighted by atomic mass is 35.5. The molecule has 132 valence electrons. The Balaban J connectivity index is 1.64. The first-order valence-electron chi connectivity index (χ1n) is 7.58. The summed E-state index contributed by atoms with van der Waals surface area (Å²) in [5, 5.41) is 6.57. The third kappa shape index (κ3) is 4.47. The smallest absolute Gasteiger partial charge is 0.271 e. The lowest BCUT2D eigenvalue weighted by molar-refractivity contribution is 0.0945. The van der Waals surface area contributed by atoms with E-state index < -0.39 is 5.91 Å². The zero-order chi connectivity index (χ0) is 18.5. The summed E-state index contributed by atoms with van der Waals surface area (Å²) in [4.78, 5) is 20.3. The number of nitrogens with one attached hydrogen (secondary N) is 2. The van der Waals surface area contributed by atoms with Crippen LogP contribution in [0.25, 0.3) is 0 Å². The molecule has 0 saturated carbocycles. The molecule has 0 radical (unpaired) electrons. The number of carbonyl (C=O) groups is 1. The quantitative estimate of drug-likeness (QED) is 0.668. The Hall–Kier alpha value is -2.70. The number of anilines is 2. The third-order valence-corrected chi connectivity index (χ3v) is 4.04. The second-order valence-corrected chi connectivity index (χ2v) is 6.15. The van der Waals surface area contributed by atoms with Crippen molar-refractivity contribution in [2.24, 2.45) is 0 Å².